The van der Waals surface area contributed by atoms with Gasteiger partial charge in [-0.25, -0.2) is 0 Å². The maximum atomic E-state index is 12.8. The summed E-state index contributed by atoms with van der Waals surface area (Å²) in [6.45, 7) is 7.39. The quantitative estimate of drug-likeness (QED) is 0.885. The molecule has 1 N–H and O–H groups in total. The Balaban J connectivity index is 1.73. The Morgan fingerprint density at radius 3 is 2.83 bits per heavy atom. The summed E-state index contributed by atoms with van der Waals surface area (Å²) in [7, 11) is 0. The molecule has 2 aliphatic heterocycles. The third-order valence-corrected chi connectivity index (χ3v) is 6.07. The van der Waals surface area contributed by atoms with E-state index in [0.29, 0.717) is 11.8 Å². The molecule has 3 atom stereocenters. The second-order valence-electron chi connectivity index (χ2n) is 6.43. The van der Waals surface area contributed by atoms with Crippen LogP contribution in [0.5, 0.6) is 0 Å². The minimum Gasteiger partial charge on any atom is -0.394 e. The lowest BCUT2D eigenvalue weighted by Gasteiger charge is -2.33. The fourth-order valence-electron chi connectivity index (χ4n) is 3.86. The predicted molar refractivity (Wildman–Crippen MR) is 90.8 cm³/mol. The van der Waals surface area contributed by atoms with E-state index in [1.54, 1.807) is 0 Å². The van der Waals surface area contributed by atoms with Gasteiger partial charge in [-0.05, 0) is 23.3 Å². The molecule has 2 saturated heterocycles. The Morgan fingerprint density at radius 2 is 2.22 bits per heavy atom. The largest absolute Gasteiger partial charge is 0.394 e. The monoisotopic (exact) mass is 338 g/mol. The number of hydrogen-bond acceptors (Lipinski definition) is 5. The number of amides is 1. The van der Waals surface area contributed by atoms with Gasteiger partial charge in [-0.1, -0.05) is 19.4 Å². The SMILES string of the molecule is CC[C@@H]1CN(C(=O)c2cccs2)[C@H](CO)[C@@H]1CN1CCOCC1. The molecule has 0 saturated carbocycles. The first-order valence-electron chi connectivity index (χ1n) is 8.50. The van der Waals surface area contributed by atoms with Gasteiger partial charge in [0.2, 0.25) is 0 Å². The summed E-state index contributed by atoms with van der Waals surface area (Å²) in [6.07, 6.45) is 1.04. The van der Waals surface area contributed by atoms with Crippen molar-refractivity contribution in [3.05, 3.63) is 22.4 Å². The molecule has 2 aliphatic rings. The molecular formula is C17H26N2O3S. The molecule has 3 heterocycles. The second kappa shape index (κ2) is 7.75. The fraction of sp³-hybridized carbons (Fsp3) is 0.706. The number of aliphatic hydroxyl groups excluding tert-OH is 1. The molecule has 5 nitrogen and oxygen atoms in total. The van der Waals surface area contributed by atoms with Gasteiger partial charge < -0.3 is 14.7 Å². The van der Waals surface area contributed by atoms with E-state index in [0.717, 1.165) is 50.7 Å². The van der Waals surface area contributed by atoms with Crippen molar-refractivity contribution in [1.29, 1.82) is 0 Å². The topological polar surface area (TPSA) is 53.0 Å². The standard InChI is InChI=1S/C17H26N2O3S/c1-2-13-10-19(17(21)16-4-3-9-23-16)15(12-20)14(13)11-18-5-7-22-8-6-18/h3-4,9,13-15,20H,2,5-8,10-12H2,1H3/t13-,14-,15-/m1/s1. The molecule has 1 aromatic heterocycles. The highest BCUT2D eigenvalue weighted by Crippen LogP contribution is 2.34. The van der Waals surface area contributed by atoms with Gasteiger partial charge >= 0.3 is 0 Å². The van der Waals surface area contributed by atoms with Gasteiger partial charge in [0, 0.05) is 26.2 Å². The van der Waals surface area contributed by atoms with Crippen LogP contribution in [0.3, 0.4) is 0 Å². The first-order valence-corrected chi connectivity index (χ1v) is 9.38. The number of aliphatic hydroxyl groups is 1. The molecule has 6 heteroatoms. The van der Waals surface area contributed by atoms with E-state index in [1.807, 2.05) is 22.4 Å². The van der Waals surface area contributed by atoms with Crippen LogP contribution in [0.4, 0.5) is 0 Å². The summed E-state index contributed by atoms with van der Waals surface area (Å²) in [5.41, 5.74) is 0. The highest BCUT2D eigenvalue weighted by atomic mass is 32.1. The summed E-state index contributed by atoms with van der Waals surface area (Å²) in [5, 5.41) is 11.9. The Morgan fingerprint density at radius 1 is 1.43 bits per heavy atom. The first kappa shape index (κ1) is 16.9. The highest BCUT2D eigenvalue weighted by Gasteiger charge is 2.43. The van der Waals surface area contributed by atoms with Crippen molar-refractivity contribution in [2.45, 2.75) is 19.4 Å². The predicted octanol–water partition coefficient (Wildman–Crippen LogP) is 1.54. The molecule has 23 heavy (non-hydrogen) atoms. The lowest BCUT2D eigenvalue weighted by Crippen LogP contribution is -2.46. The van der Waals surface area contributed by atoms with E-state index >= 15 is 0 Å². The first-order chi connectivity index (χ1) is 11.2. The van der Waals surface area contributed by atoms with Gasteiger partial charge in [-0.2, -0.15) is 0 Å². The third kappa shape index (κ3) is 3.60. The van der Waals surface area contributed by atoms with E-state index in [1.165, 1.54) is 11.3 Å². The number of hydrogen-bond donors (Lipinski definition) is 1. The smallest absolute Gasteiger partial charge is 0.264 e. The van der Waals surface area contributed by atoms with Crippen molar-refractivity contribution in [2.75, 3.05) is 46.0 Å². The van der Waals surface area contributed by atoms with Gasteiger partial charge in [0.15, 0.2) is 0 Å². The van der Waals surface area contributed by atoms with Crippen LogP contribution in [0.15, 0.2) is 17.5 Å². The number of rotatable bonds is 5. The summed E-state index contributed by atoms with van der Waals surface area (Å²) < 4.78 is 5.42. The molecule has 0 aromatic carbocycles. The van der Waals surface area contributed by atoms with E-state index in [-0.39, 0.29) is 18.6 Å². The minimum atomic E-state index is -0.0719. The van der Waals surface area contributed by atoms with Crippen LogP contribution in [0.1, 0.15) is 23.0 Å². The minimum absolute atomic E-state index is 0.0443. The van der Waals surface area contributed by atoms with Crippen molar-refractivity contribution in [3.63, 3.8) is 0 Å². The maximum Gasteiger partial charge on any atom is 0.264 e. The molecule has 0 aliphatic carbocycles. The maximum absolute atomic E-state index is 12.8. The van der Waals surface area contributed by atoms with Gasteiger partial charge in [0.1, 0.15) is 0 Å². The van der Waals surface area contributed by atoms with Crippen LogP contribution in [0, 0.1) is 11.8 Å². The Labute approximate surface area is 141 Å². The van der Waals surface area contributed by atoms with Gasteiger partial charge in [0.25, 0.3) is 5.91 Å². The van der Waals surface area contributed by atoms with E-state index in [2.05, 4.69) is 11.8 Å². The number of morpholine rings is 1. The zero-order chi connectivity index (χ0) is 16.2. The van der Waals surface area contributed by atoms with E-state index in [4.69, 9.17) is 4.74 Å². The molecule has 1 amide bonds. The van der Waals surface area contributed by atoms with Gasteiger partial charge in [-0.15, -0.1) is 11.3 Å². The summed E-state index contributed by atoms with van der Waals surface area (Å²) in [5.74, 6) is 0.868. The Bertz CT molecular complexity index is 502. The van der Waals surface area contributed by atoms with Crippen LogP contribution in [0.2, 0.25) is 0 Å². The summed E-state index contributed by atoms with van der Waals surface area (Å²) >= 11 is 1.48. The normalized spacial score (nSPS) is 29.1. The zero-order valence-corrected chi connectivity index (χ0v) is 14.5. The van der Waals surface area contributed by atoms with Crippen molar-refractivity contribution in [2.24, 2.45) is 11.8 Å². The number of nitrogens with zero attached hydrogens (tertiary/aromatic N) is 2. The van der Waals surface area contributed by atoms with Gasteiger partial charge in [0.05, 0.1) is 30.7 Å². The highest BCUT2D eigenvalue weighted by molar-refractivity contribution is 7.12. The van der Waals surface area contributed by atoms with Crippen LogP contribution in [-0.4, -0.2) is 72.9 Å². The van der Waals surface area contributed by atoms with Crippen molar-refractivity contribution < 1.29 is 14.6 Å². The van der Waals surface area contributed by atoms with Gasteiger partial charge in [-0.3, -0.25) is 9.69 Å². The zero-order valence-electron chi connectivity index (χ0n) is 13.7. The average Bonchev–Trinajstić information content (AvgIpc) is 3.23. The average molecular weight is 338 g/mol. The second-order valence-corrected chi connectivity index (χ2v) is 7.38. The number of ether oxygens (including phenoxy) is 1. The molecule has 3 rings (SSSR count). The molecule has 0 radical (unpaired) electrons. The Hall–Kier alpha value is -0.950. The number of likely N-dealkylation sites (tertiary alicyclic amines) is 1. The van der Waals surface area contributed by atoms with Crippen LogP contribution in [-0.2, 0) is 4.74 Å². The Kier molecular flexibility index (Phi) is 5.69. The lowest BCUT2D eigenvalue weighted by molar-refractivity contribution is 0.0206. The lowest BCUT2D eigenvalue weighted by atomic mass is 9.88. The molecule has 0 bridgehead atoms. The number of carbonyl (C=O) groups excluding carboxylic acids is 1. The number of carbonyl (C=O) groups is 1. The summed E-state index contributed by atoms with van der Waals surface area (Å²) in [6, 6.07) is 3.71. The summed E-state index contributed by atoms with van der Waals surface area (Å²) in [4.78, 5) is 17.9. The molecular weight excluding hydrogens is 312 g/mol. The molecule has 128 valence electrons. The van der Waals surface area contributed by atoms with Crippen molar-refractivity contribution >= 4 is 17.2 Å². The number of thiophene rings is 1. The fourth-order valence-corrected chi connectivity index (χ4v) is 4.54. The molecule has 1 aromatic rings. The van der Waals surface area contributed by atoms with Crippen molar-refractivity contribution in [3.8, 4) is 0 Å². The van der Waals surface area contributed by atoms with Crippen LogP contribution < -0.4 is 0 Å². The van der Waals surface area contributed by atoms with E-state index < -0.39 is 0 Å². The van der Waals surface area contributed by atoms with E-state index in [9.17, 15) is 9.90 Å². The molecule has 2 fully saturated rings. The molecule has 0 spiro atoms. The molecule has 0 unspecified atom stereocenters. The third-order valence-electron chi connectivity index (χ3n) is 5.21. The van der Waals surface area contributed by atoms with Crippen molar-refractivity contribution in [1.82, 2.24) is 9.80 Å². The van der Waals surface area contributed by atoms with Crippen LogP contribution in [0.25, 0.3) is 0 Å². The van der Waals surface area contributed by atoms with Crippen LogP contribution >= 0.6 is 11.3 Å².